The second kappa shape index (κ2) is 67.4. The Morgan fingerprint density at radius 3 is 0.797 bits per heavy atom. The third-order valence-corrected chi connectivity index (χ3v) is 15.2. The fraction of sp³-hybridized carbons (Fsp3) is 0.795. The predicted molar refractivity (Wildman–Crippen MR) is 344 cm³/mol. The lowest BCUT2D eigenvalue weighted by atomic mass is 10.0. The molecule has 0 heterocycles. The van der Waals surface area contributed by atoms with E-state index in [0.717, 1.165) is 96.3 Å². The summed E-state index contributed by atoms with van der Waals surface area (Å²) in [5.41, 5.74) is 0. The molecule has 6 nitrogen and oxygen atoms in total. The molecule has 6 heteroatoms. The summed E-state index contributed by atoms with van der Waals surface area (Å²) in [4.78, 5) is 38.4. The zero-order valence-electron chi connectivity index (χ0n) is 52.6. The fourth-order valence-electron chi connectivity index (χ4n) is 10.1. The van der Waals surface area contributed by atoms with Crippen molar-refractivity contribution in [2.75, 3.05) is 13.2 Å². The van der Waals surface area contributed by atoms with Gasteiger partial charge in [0, 0.05) is 19.3 Å². The fourth-order valence-corrected chi connectivity index (χ4v) is 10.1. The first-order chi connectivity index (χ1) is 39.0. The van der Waals surface area contributed by atoms with Gasteiger partial charge in [-0.05, 0) is 89.9 Å². The lowest BCUT2D eigenvalue weighted by molar-refractivity contribution is -0.167. The van der Waals surface area contributed by atoms with E-state index in [1.54, 1.807) is 0 Å². The molecule has 0 saturated carbocycles. The average molecular weight is 1100 g/mol. The Morgan fingerprint density at radius 2 is 0.494 bits per heavy atom. The van der Waals surface area contributed by atoms with E-state index in [1.807, 2.05) is 0 Å². The molecule has 79 heavy (non-hydrogen) atoms. The van der Waals surface area contributed by atoms with Gasteiger partial charge in [-0.15, -0.1) is 0 Å². The van der Waals surface area contributed by atoms with Crippen molar-refractivity contribution in [1.82, 2.24) is 0 Å². The van der Waals surface area contributed by atoms with E-state index in [1.165, 1.54) is 218 Å². The van der Waals surface area contributed by atoms with Gasteiger partial charge in [0.15, 0.2) is 6.10 Å². The molecule has 0 amide bonds. The van der Waals surface area contributed by atoms with Crippen molar-refractivity contribution in [2.45, 2.75) is 361 Å². The Balaban J connectivity index is 4.27. The zero-order chi connectivity index (χ0) is 57.1. The molecular formula is C73H130O6. The average Bonchev–Trinajstić information content (AvgIpc) is 3.45. The maximum absolute atomic E-state index is 12.9. The Hall–Kier alpha value is -3.15. The quantitative estimate of drug-likeness (QED) is 0.0261. The van der Waals surface area contributed by atoms with E-state index in [0.29, 0.717) is 19.3 Å². The molecule has 0 bridgehead atoms. The molecule has 0 saturated heterocycles. The van der Waals surface area contributed by atoms with Gasteiger partial charge in [-0.3, -0.25) is 14.4 Å². The van der Waals surface area contributed by atoms with Crippen LogP contribution in [-0.2, 0) is 28.6 Å². The topological polar surface area (TPSA) is 78.9 Å². The molecule has 0 spiro atoms. The Bertz CT molecular complexity index is 1450. The third kappa shape index (κ3) is 65.5. The Kier molecular flexibility index (Phi) is 64.7. The van der Waals surface area contributed by atoms with Crippen LogP contribution in [0.15, 0.2) is 72.9 Å². The minimum atomic E-state index is -0.779. The zero-order valence-corrected chi connectivity index (χ0v) is 52.6. The number of rotatable bonds is 63. The van der Waals surface area contributed by atoms with E-state index in [2.05, 4.69) is 93.7 Å². The van der Waals surface area contributed by atoms with Gasteiger partial charge in [-0.25, -0.2) is 0 Å². The molecule has 0 aliphatic heterocycles. The van der Waals surface area contributed by atoms with Gasteiger partial charge >= 0.3 is 17.9 Å². The molecule has 0 radical (unpaired) electrons. The van der Waals surface area contributed by atoms with E-state index < -0.39 is 6.10 Å². The van der Waals surface area contributed by atoms with Crippen LogP contribution in [0.5, 0.6) is 0 Å². The summed E-state index contributed by atoms with van der Waals surface area (Å²) in [5.74, 6) is -0.866. The van der Waals surface area contributed by atoms with Crippen LogP contribution in [0.2, 0.25) is 0 Å². The van der Waals surface area contributed by atoms with Crippen LogP contribution in [0.1, 0.15) is 355 Å². The first-order valence-corrected chi connectivity index (χ1v) is 34.4. The smallest absolute Gasteiger partial charge is 0.306 e. The highest BCUT2D eigenvalue weighted by atomic mass is 16.6. The summed E-state index contributed by atoms with van der Waals surface area (Å²) >= 11 is 0. The Morgan fingerprint density at radius 1 is 0.266 bits per heavy atom. The molecule has 458 valence electrons. The molecule has 0 aliphatic carbocycles. The third-order valence-electron chi connectivity index (χ3n) is 15.2. The number of hydrogen-bond acceptors (Lipinski definition) is 6. The SMILES string of the molecule is CC/C=C\C/C=C\C/C=C\C/C=C\C/C=C\CCCCCCCCCCCCCC(=O)OCC(COC(=O)CCCCCCC/C=C\CCCCCC)OC(=O)CCCCCCCCCCCCCCCCCCCCCCC. The van der Waals surface area contributed by atoms with Gasteiger partial charge in [0.05, 0.1) is 0 Å². The largest absolute Gasteiger partial charge is 0.462 e. The van der Waals surface area contributed by atoms with Gasteiger partial charge in [0.25, 0.3) is 0 Å². The monoisotopic (exact) mass is 1100 g/mol. The van der Waals surface area contributed by atoms with Gasteiger partial charge in [0.2, 0.25) is 0 Å². The molecular weight excluding hydrogens is 973 g/mol. The summed E-state index contributed by atoms with van der Waals surface area (Å²) in [6.45, 7) is 6.56. The highest BCUT2D eigenvalue weighted by Gasteiger charge is 2.19. The van der Waals surface area contributed by atoms with E-state index in [-0.39, 0.29) is 31.1 Å². The van der Waals surface area contributed by atoms with Crippen LogP contribution in [0, 0.1) is 0 Å². The van der Waals surface area contributed by atoms with E-state index >= 15 is 0 Å². The molecule has 0 fully saturated rings. The van der Waals surface area contributed by atoms with Crippen LogP contribution in [0.25, 0.3) is 0 Å². The highest BCUT2D eigenvalue weighted by Crippen LogP contribution is 2.18. The number of esters is 3. The second-order valence-electron chi connectivity index (χ2n) is 23.1. The molecule has 1 atom stereocenters. The van der Waals surface area contributed by atoms with Gasteiger partial charge in [-0.2, -0.15) is 0 Å². The van der Waals surface area contributed by atoms with Crippen LogP contribution >= 0.6 is 0 Å². The van der Waals surface area contributed by atoms with Crippen LogP contribution in [-0.4, -0.2) is 37.2 Å². The number of unbranched alkanes of at least 4 members (excludes halogenated alkanes) is 40. The maximum Gasteiger partial charge on any atom is 0.306 e. The maximum atomic E-state index is 12.9. The molecule has 0 aromatic carbocycles. The van der Waals surface area contributed by atoms with Crippen LogP contribution < -0.4 is 0 Å². The first-order valence-electron chi connectivity index (χ1n) is 34.4. The van der Waals surface area contributed by atoms with Crippen LogP contribution in [0.3, 0.4) is 0 Å². The minimum Gasteiger partial charge on any atom is -0.462 e. The van der Waals surface area contributed by atoms with Crippen molar-refractivity contribution in [3.63, 3.8) is 0 Å². The molecule has 0 N–H and O–H groups in total. The summed E-state index contributed by atoms with van der Waals surface area (Å²) in [6.07, 6.45) is 87.8. The summed E-state index contributed by atoms with van der Waals surface area (Å²) in [6, 6.07) is 0. The van der Waals surface area contributed by atoms with Crippen molar-refractivity contribution in [3.8, 4) is 0 Å². The summed E-state index contributed by atoms with van der Waals surface area (Å²) in [5, 5.41) is 0. The second-order valence-corrected chi connectivity index (χ2v) is 23.1. The lowest BCUT2D eigenvalue weighted by Gasteiger charge is -2.18. The van der Waals surface area contributed by atoms with Crippen molar-refractivity contribution in [3.05, 3.63) is 72.9 Å². The van der Waals surface area contributed by atoms with Crippen molar-refractivity contribution in [1.29, 1.82) is 0 Å². The number of allylic oxidation sites excluding steroid dienone is 12. The predicted octanol–water partition coefficient (Wildman–Crippen LogP) is 23.7. The number of hydrogen-bond donors (Lipinski definition) is 0. The van der Waals surface area contributed by atoms with Gasteiger partial charge in [-0.1, -0.05) is 318 Å². The minimum absolute atomic E-state index is 0.0757. The first kappa shape index (κ1) is 75.8. The summed E-state index contributed by atoms with van der Waals surface area (Å²) < 4.78 is 17.0. The van der Waals surface area contributed by atoms with Crippen molar-refractivity contribution < 1.29 is 28.6 Å². The molecule has 0 rings (SSSR count). The van der Waals surface area contributed by atoms with Crippen LogP contribution in [0.4, 0.5) is 0 Å². The van der Waals surface area contributed by atoms with Gasteiger partial charge < -0.3 is 14.2 Å². The molecule has 1 unspecified atom stereocenters. The van der Waals surface area contributed by atoms with E-state index in [9.17, 15) is 14.4 Å². The Labute approximate surface area is 491 Å². The van der Waals surface area contributed by atoms with E-state index in [4.69, 9.17) is 14.2 Å². The lowest BCUT2D eigenvalue weighted by Crippen LogP contribution is -2.30. The standard InChI is InChI=1S/C73H130O6/c1-4-7-10-13-16-19-22-25-27-29-31-33-34-35-36-37-38-40-41-43-45-48-51-54-57-60-63-66-72(75)78-69-70(68-77-71(74)65-62-59-56-53-50-47-24-21-18-15-12-9-6-3)79-73(76)67-64-61-58-55-52-49-46-44-42-39-32-30-28-26-23-20-17-14-11-8-5-2/h7,10,16,19,21,24-25,27,31,33,35-36,70H,4-6,8-9,11-15,17-18,20,22-23,26,28-30,32,34,37-69H2,1-3H3/b10-7-,19-16-,24-21-,27-25-,33-31-,36-35-. The van der Waals surface area contributed by atoms with Crippen molar-refractivity contribution >= 4 is 17.9 Å². The number of carbonyl (C=O) groups is 3. The highest BCUT2D eigenvalue weighted by molar-refractivity contribution is 5.71. The summed E-state index contributed by atoms with van der Waals surface area (Å²) in [7, 11) is 0. The van der Waals surface area contributed by atoms with Gasteiger partial charge in [0.1, 0.15) is 13.2 Å². The molecule has 0 aliphatic rings. The normalized spacial score (nSPS) is 12.5. The number of ether oxygens (including phenoxy) is 3. The van der Waals surface area contributed by atoms with Crippen molar-refractivity contribution in [2.24, 2.45) is 0 Å². The molecule has 0 aromatic rings. The number of carbonyl (C=O) groups excluding carboxylic acids is 3. The molecule has 0 aromatic heterocycles.